The van der Waals surface area contributed by atoms with Gasteiger partial charge in [-0.3, -0.25) is 14.5 Å². The Bertz CT molecular complexity index is 1070. The summed E-state index contributed by atoms with van der Waals surface area (Å²) in [6.45, 7) is -0.339. The van der Waals surface area contributed by atoms with E-state index in [4.69, 9.17) is 28.9 Å². The minimum atomic E-state index is -1.33. The third-order valence-electron chi connectivity index (χ3n) is 3.88. The van der Waals surface area contributed by atoms with Gasteiger partial charge in [0, 0.05) is 10.7 Å². The fourth-order valence-electron chi connectivity index (χ4n) is 2.50. The van der Waals surface area contributed by atoms with E-state index in [0.29, 0.717) is 15.5 Å². The standard InChI is InChI=1S/C19H13ClN2O5S2/c20-13-4-2-1-3-10(13)7-15-17(25)22(19(28)29-15)9-16(24)21-11-5-6-14(23)12(8-11)18(26)27/h1-8,23H,9H2,(H,21,24)(H,26,27)/b15-7-. The molecule has 3 rings (SSSR count). The maximum atomic E-state index is 12.6. The van der Waals surface area contributed by atoms with Gasteiger partial charge in [0.2, 0.25) is 5.91 Å². The number of benzene rings is 2. The number of hydrogen-bond donors (Lipinski definition) is 3. The number of anilines is 1. The fraction of sp³-hybridized carbons (Fsp3) is 0.0526. The van der Waals surface area contributed by atoms with E-state index in [1.807, 2.05) is 0 Å². The highest BCUT2D eigenvalue weighted by Crippen LogP contribution is 2.33. The average molecular weight is 449 g/mol. The summed E-state index contributed by atoms with van der Waals surface area (Å²) < 4.78 is 0.223. The van der Waals surface area contributed by atoms with Gasteiger partial charge in [-0.05, 0) is 35.9 Å². The predicted octanol–water partition coefficient (Wildman–Crippen LogP) is 3.58. The molecule has 29 heavy (non-hydrogen) atoms. The van der Waals surface area contributed by atoms with Crippen LogP contribution in [0.4, 0.5) is 5.69 Å². The summed E-state index contributed by atoms with van der Waals surface area (Å²) in [6.07, 6.45) is 1.61. The molecule has 1 aliphatic rings. The summed E-state index contributed by atoms with van der Waals surface area (Å²) in [7, 11) is 0. The van der Waals surface area contributed by atoms with E-state index in [2.05, 4.69) is 5.32 Å². The highest BCUT2D eigenvalue weighted by atomic mass is 35.5. The Morgan fingerprint density at radius 3 is 2.66 bits per heavy atom. The van der Waals surface area contributed by atoms with Gasteiger partial charge in [-0.1, -0.05) is 53.8 Å². The Labute approximate surface area is 180 Å². The van der Waals surface area contributed by atoms with Crippen LogP contribution in [0.15, 0.2) is 47.4 Å². The van der Waals surface area contributed by atoms with Crippen LogP contribution in [-0.4, -0.2) is 43.8 Å². The first-order valence-electron chi connectivity index (χ1n) is 8.12. The number of carbonyl (C=O) groups excluding carboxylic acids is 2. The molecule has 0 aromatic heterocycles. The van der Waals surface area contributed by atoms with E-state index in [-0.39, 0.29) is 22.1 Å². The summed E-state index contributed by atoms with van der Waals surface area (Å²) in [5, 5.41) is 21.5. The van der Waals surface area contributed by atoms with Crippen LogP contribution in [-0.2, 0) is 9.59 Å². The molecule has 1 heterocycles. The molecule has 10 heteroatoms. The zero-order valence-corrected chi connectivity index (χ0v) is 17.0. The Morgan fingerprint density at radius 1 is 1.24 bits per heavy atom. The van der Waals surface area contributed by atoms with Gasteiger partial charge < -0.3 is 15.5 Å². The van der Waals surface area contributed by atoms with Gasteiger partial charge in [0.05, 0.1) is 4.91 Å². The zero-order valence-electron chi connectivity index (χ0n) is 14.6. The van der Waals surface area contributed by atoms with Crippen molar-refractivity contribution in [1.29, 1.82) is 0 Å². The van der Waals surface area contributed by atoms with Gasteiger partial charge in [0.25, 0.3) is 5.91 Å². The van der Waals surface area contributed by atoms with E-state index in [9.17, 15) is 19.5 Å². The third-order valence-corrected chi connectivity index (χ3v) is 5.60. The van der Waals surface area contributed by atoms with Gasteiger partial charge >= 0.3 is 5.97 Å². The molecule has 0 radical (unpaired) electrons. The smallest absolute Gasteiger partial charge is 0.339 e. The monoisotopic (exact) mass is 448 g/mol. The van der Waals surface area contributed by atoms with Crippen molar-refractivity contribution in [3.63, 3.8) is 0 Å². The molecule has 148 valence electrons. The maximum absolute atomic E-state index is 12.6. The number of rotatable bonds is 5. The third kappa shape index (κ3) is 4.76. The van der Waals surface area contributed by atoms with Crippen molar-refractivity contribution in [2.45, 2.75) is 0 Å². The molecule has 2 amide bonds. The number of carboxylic acid groups (broad SMARTS) is 1. The molecule has 0 unspecified atom stereocenters. The number of halogens is 1. The second-order valence-corrected chi connectivity index (χ2v) is 7.96. The van der Waals surface area contributed by atoms with Crippen LogP contribution < -0.4 is 5.32 Å². The Kier molecular flexibility index (Phi) is 6.21. The SMILES string of the molecule is O=C(CN1C(=O)/C(=C/c2ccccc2Cl)SC1=S)Nc1ccc(O)c(C(=O)O)c1. The van der Waals surface area contributed by atoms with Gasteiger partial charge in [-0.15, -0.1) is 0 Å². The average Bonchev–Trinajstić information content (AvgIpc) is 2.92. The molecule has 7 nitrogen and oxygen atoms in total. The lowest BCUT2D eigenvalue weighted by Gasteiger charge is -2.14. The summed E-state index contributed by atoms with van der Waals surface area (Å²) in [5.74, 6) is -2.74. The number of carboxylic acids is 1. The van der Waals surface area contributed by atoms with Crippen molar-refractivity contribution < 1.29 is 24.6 Å². The lowest BCUT2D eigenvalue weighted by Crippen LogP contribution is -2.36. The Morgan fingerprint density at radius 2 is 1.97 bits per heavy atom. The number of nitrogens with zero attached hydrogens (tertiary/aromatic N) is 1. The van der Waals surface area contributed by atoms with Crippen molar-refractivity contribution in [2.75, 3.05) is 11.9 Å². The number of hydrogen-bond acceptors (Lipinski definition) is 6. The molecular formula is C19H13ClN2O5S2. The number of nitrogens with one attached hydrogen (secondary N) is 1. The number of aromatic hydroxyl groups is 1. The molecular weight excluding hydrogens is 436 g/mol. The number of thiocarbonyl (C=S) groups is 1. The maximum Gasteiger partial charge on any atom is 0.339 e. The van der Waals surface area contributed by atoms with Crippen LogP contribution in [0, 0.1) is 0 Å². The van der Waals surface area contributed by atoms with Crippen molar-refractivity contribution in [1.82, 2.24) is 4.90 Å². The van der Waals surface area contributed by atoms with E-state index >= 15 is 0 Å². The molecule has 1 saturated heterocycles. The van der Waals surface area contributed by atoms with E-state index in [1.54, 1.807) is 30.3 Å². The van der Waals surface area contributed by atoms with E-state index in [0.717, 1.165) is 28.8 Å². The molecule has 3 N–H and O–H groups in total. The molecule has 2 aromatic carbocycles. The summed E-state index contributed by atoms with van der Waals surface area (Å²) in [5.41, 5.74) is 0.475. The summed E-state index contributed by atoms with van der Waals surface area (Å²) >= 11 is 12.4. The van der Waals surface area contributed by atoms with Crippen LogP contribution >= 0.6 is 35.6 Å². The van der Waals surface area contributed by atoms with Crippen LogP contribution in [0.5, 0.6) is 5.75 Å². The lowest BCUT2D eigenvalue weighted by atomic mass is 10.2. The van der Waals surface area contributed by atoms with Gasteiger partial charge in [0.15, 0.2) is 0 Å². The number of aromatic carboxylic acids is 1. The van der Waals surface area contributed by atoms with Crippen LogP contribution in [0.25, 0.3) is 6.08 Å². The molecule has 0 atom stereocenters. The minimum absolute atomic E-state index is 0.169. The van der Waals surface area contributed by atoms with Crippen molar-refractivity contribution in [2.24, 2.45) is 0 Å². The quantitative estimate of drug-likeness (QED) is 0.364. The van der Waals surface area contributed by atoms with Gasteiger partial charge in [-0.25, -0.2) is 4.79 Å². The number of amides is 2. The van der Waals surface area contributed by atoms with E-state index in [1.165, 1.54) is 6.07 Å². The first-order chi connectivity index (χ1) is 13.8. The number of thioether (sulfide) groups is 1. The first-order valence-corrected chi connectivity index (χ1v) is 9.72. The molecule has 0 bridgehead atoms. The van der Waals surface area contributed by atoms with Crippen LogP contribution in [0.2, 0.25) is 5.02 Å². The topological polar surface area (TPSA) is 107 Å². The highest BCUT2D eigenvalue weighted by molar-refractivity contribution is 8.26. The molecule has 1 fully saturated rings. The Balaban J connectivity index is 1.72. The van der Waals surface area contributed by atoms with Crippen LogP contribution in [0.3, 0.4) is 0 Å². The van der Waals surface area contributed by atoms with Gasteiger partial charge in [0.1, 0.15) is 22.2 Å². The molecule has 0 saturated carbocycles. The zero-order chi connectivity index (χ0) is 21.1. The summed E-state index contributed by atoms with van der Waals surface area (Å²) in [6, 6.07) is 10.6. The summed E-state index contributed by atoms with van der Waals surface area (Å²) in [4.78, 5) is 37.5. The predicted molar refractivity (Wildman–Crippen MR) is 115 cm³/mol. The minimum Gasteiger partial charge on any atom is -0.507 e. The molecule has 2 aromatic rings. The van der Waals surface area contributed by atoms with Crippen molar-refractivity contribution in [3.05, 3.63) is 63.5 Å². The second-order valence-electron chi connectivity index (χ2n) is 5.87. The first kappa shape index (κ1) is 20.8. The molecule has 1 aliphatic heterocycles. The second kappa shape index (κ2) is 8.64. The molecule has 0 aliphatic carbocycles. The highest BCUT2D eigenvalue weighted by Gasteiger charge is 2.33. The van der Waals surface area contributed by atoms with Gasteiger partial charge in [-0.2, -0.15) is 0 Å². The Hall–Kier alpha value is -2.88. The van der Waals surface area contributed by atoms with Crippen molar-refractivity contribution in [3.8, 4) is 5.75 Å². The molecule has 0 spiro atoms. The van der Waals surface area contributed by atoms with Crippen molar-refractivity contribution >= 4 is 69.4 Å². The fourth-order valence-corrected chi connectivity index (χ4v) is 3.94. The van der Waals surface area contributed by atoms with E-state index < -0.39 is 23.5 Å². The number of carbonyl (C=O) groups is 3. The lowest BCUT2D eigenvalue weighted by molar-refractivity contribution is -0.126. The number of phenols is 1. The van der Waals surface area contributed by atoms with Crippen LogP contribution in [0.1, 0.15) is 15.9 Å². The largest absolute Gasteiger partial charge is 0.507 e. The normalized spacial score (nSPS) is 15.1.